The van der Waals surface area contributed by atoms with Crippen LogP contribution in [0.15, 0.2) is 24.5 Å². The predicted octanol–water partition coefficient (Wildman–Crippen LogP) is 3.54. The van der Waals surface area contributed by atoms with Crippen molar-refractivity contribution in [3.63, 3.8) is 0 Å². The monoisotopic (exact) mass is 437 g/mol. The van der Waals surface area contributed by atoms with Gasteiger partial charge >= 0.3 is 6.18 Å². The summed E-state index contributed by atoms with van der Waals surface area (Å²) in [5.74, 6) is -0.305. The SMILES string of the molecule is CC(C)c1c(C(=O)NCCC(=O)N2CCCCC2)cnn1-c1ccc(C(F)(F)F)cn1. The summed E-state index contributed by atoms with van der Waals surface area (Å²) in [4.78, 5) is 30.6. The molecule has 0 bridgehead atoms. The second-order valence-electron chi connectivity index (χ2n) is 7.86. The lowest BCUT2D eigenvalue weighted by Crippen LogP contribution is -2.37. The lowest BCUT2D eigenvalue weighted by atomic mass is 10.1. The first-order valence-corrected chi connectivity index (χ1v) is 10.4. The van der Waals surface area contributed by atoms with E-state index in [4.69, 9.17) is 0 Å². The summed E-state index contributed by atoms with van der Waals surface area (Å²) in [7, 11) is 0. The molecule has 1 aliphatic rings. The van der Waals surface area contributed by atoms with Crippen molar-refractivity contribution in [2.75, 3.05) is 19.6 Å². The Morgan fingerprint density at radius 1 is 1.13 bits per heavy atom. The van der Waals surface area contributed by atoms with E-state index in [9.17, 15) is 22.8 Å². The van der Waals surface area contributed by atoms with Crippen LogP contribution in [0.5, 0.6) is 0 Å². The van der Waals surface area contributed by atoms with Crippen LogP contribution < -0.4 is 5.32 Å². The Bertz CT molecular complexity index is 916. The molecule has 0 unspecified atom stereocenters. The van der Waals surface area contributed by atoms with Crippen LogP contribution >= 0.6 is 0 Å². The van der Waals surface area contributed by atoms with E-state index in [1.54, 1.807) is 0 Å². The maximum atomic E-state index is 12.8. The Balaban J connectivity index is 1.69. The predicted molar refractivity (Wildman–Crippen MR) is 108 cm³/mol. The second kappa shape index (κ2) is 9.49. The van der Waals surface area contributed by atoms with E-state index in [0.717, 1.165) is 44.6 Å². The first kappa shape index (κ1) is 22.8. The summed E-state index contributed by atoms with van der Waals surface area (Å²) in [6.07, 6.45) is 1.00. The number of amides is 2. The number of carbonyl (C=O) groups excluding carboxylic acids is 2. The van der Waals surface area contributed by atoms with Gasteiger partial charge in [-0.1, -0.05) is 13.8 Å². The van der Waals surface area contributed by atoms with Gasteiger partial charge < -0.3 is 10.2 Å². The molecule has 0 saturated carbocycles. The van der Waals surface area contributed by atoms with Gasteiger partial charge in [0.1, 0.15) is 0 Å². The van der Waals surface area contributed by atoms with Crippen LogP contribution in [0.3, 0.4) is 0 Å². The Morgan fingerprint density at radius 3 is 2.42 bits per heavy atom. The summed E-state index contributed by atoms with van der Waals surface area (Å²) >= 11 is 0. The van der Waals surface area contributed by atoms with Crippen LogP contribution in [0.1, 0.15) is 67.1 Å². The smallest absolute Gasteiger partial charge is 0.351 e. The third kappa shape index (κ3) is 5.42. The van der Waals surface area contributed by atoms with Gasteiger partial charge in [-0.2, -0.15) is 18.3 Å². The largest absolute Gasteiger partial charge is 0.417 e. The standard InChI is InChI=1S/C21H26F3N5O2/c1-14(2)19-16(20(31)25-9-8-18(30)28-10-4-3-5-11-28)13-27-29(19)17-7-6-15(12-26-17)21(22,23)24/h6-7,12-14H,3-5,8-11H2,1-2H3,(H,25,31). The molecule has 1 N–H and O–H groups in total. The highest BCUT2D eigenvalue weighted by molar-refractivity contribution is 5.95. The van der Waals surface area contributed by atoms with Gasteiger partial charge in [-0.05, 0) is 37.3 Å². The molecule has 0 aliphatic carbocycles. The molecule has 1 saturated heterocycles. The van der Waals surface area contributed by atoms with Crippen molar-refractivity contribution in [2.24, 2.45) is 0 Å². The zero-order valence-corrected chi connectivity index (χ0v) is 17.6. The first-order valence-electron chi connectivity index (χ1n) is 10.4. The molecule has 3 rings (SSSR count). The molecular formula is C21H26F3N5O2. The number of nitrogens with one attached hydrogen (secondary N) is 1. The van der Waals surface area contributed by atoms with Gasteiger partial charge in [0.2, 0.25) is 5.91 Å². The maximum absolute atomic E-state index is 12.8. The minimum Gasteiger partial charge on any atom is -0.351 e. The zero-order chi connectivity index (χ0) is 22.6. The molecule has 3 heterocycles. The second-order valence-corrected chi connectivity index (χ2v) is 7.86. The van der Waals surface area contributed by atoms with Crippen molar-refractivity contribution in [1.29, 1.82) is 0 Å². The van der Waals surface area contributed by atoms with E-state index in [2.05, 4.69) is 15.4 Å². The minimum atomic E-state index is -4.48. The minimum absolute atomic E-state index is 0.0220. The number of piperidine rings is 1. The van der Waals surface area contributed by atoms with E-state index in [1.165, 1.54) is 16.9 Å². The summed E-state index contributed by atoms with van der Waals surface area (Å²) in [6, 6.07) is 2.15. The molecule has 1 fully saturated rings. The maximum Gasteiger partial charge on any atom is 0.417 e. The topological polar surface area (TPSA) is 80.1 Å². The van der Waals surface area contributed by atoms with Gasteiger partial charge in [0.15, 0.2) is 5.82 Å². The number of alkyl halides is 3. The van der Waals surface area contributed by atoms with Crippen molar-refractivity contribution in [2.45, 2.75) is 51.6 Å². The van der Waals surface area contributed by atoms with Crippen LogP contribution in [-0.2, 0) is 11.0 Å². The number of carbonyl (C=O) groups is 2. The molecule has 2 amide bonds. The lowest BCUT2D eigenvalue weighted by molar-refractivity contribution is -0.137. The number of likely N-dealkylation sites (tertiary alicyclic amines) is 1. The van der Waals surface area contributed by atoms with Gasteiger partial charge in [-0.25, -0.2) is 9.67 Å². The molecule has 2 aromatic rings. The van der Waals surface area contributed by atoms with Crippen molar-refractivity contribution in [1.82, 2.24) is 25.0 Å². The number of aromatic nitrogens is 3. The Kier molecular flexibility index (Phi) is 6.97. The highest BCUT2D eigenvalue weighted by Crippen LogP contribution is 2.29. The lowest BCUT2D eigenvalue weighted by Gasteiger charge is -2.26. The Hall–Kier alpha value is -2.91. The van der Waals surface area contributed by atoms with Gasteiger partial charge in [0, 0.05) is 32.3 Å². The molecule has 168 valence electrons. The number of rotatable bonds is 6. The number of nitrogens with zero attached hydrogens (tertiary/aromatic N) is 4. The summed E-state index contributed by atoms with van der Waals surface area (Å²) in [6.45, 7) is 5.44. The van der Waals surface area contributed by atoms with Crippen LogP contribution in [0.4, 0.5) is 13.2 Å². The van der Waals surface area contributed by atoms with Crippen LogP contribution in [0.25, 0.3) is 5.82 Å². The van der Waals surface area contributed by atoms with Crippen molar-refractivity contribution < 1.29 is 22.8 Å². The molecule has 0 atom stereocenters. The average molecular weight is 437 g/mol. The van der Waals surface area contributed by atoms with E-state index in [-0.39, 0.29) is 36.5 Å². The number of pyridine rings is 1. The van der Waals surface area contributed by atoms with Gasteiger partial charge in [0.25, 0.3) is 5.91 Å². The van der Waals surface area contributed by atoms with E-state index >= 15 is 0 Å². The number of hydrogen-bond donors (Lipinski definition) is 1. The first-order chi connectivity index (χ1) is 14.7. The Labute approximate surface area is 178 Å². The molecular weight excluding hydrogens is 411 g/mol. The van der Waals surface area contributed by atoms with Crippen LogP contribution in [0, 0.1) is 0 Å². The van der Waals surface area contributed by atoms with Crippen molar-refractivity contribution in [3.05, 3.63) is 41.3 Å². The van der Waals surface area contributed by atoms with Crippen LogP contribution in [-0.4, -0.2) is 51.1 Å². The van der Waals surface area contributed by atoms with E-state index < -0.39 is 11.7 Å². The molecule has 0 spiro atoms. The number of halogens is 3. The molecule has 1 aliphatic heterocycles. The number of hydrogen-bond acceptors (Lipinski definition) is 4. The molecule has 31 heavy (non-hydrogen) atoms. The molecule has 7 nitrogen and oxygen atoms in total. The third-order valence-corrected chi connectivity index (χ3v) is 5.22. The highest BCUT2D eigenvalue weighted by atomic mass is 19.4. The molecule has 2 aromatic heterocycles. The zero-order valence-electron chi connectivity index (χ0n) is 17.6. The fraction of sp³-hybridized carbons (Fsp3) is 0.524. The molecule has 0 aromatic carbocycles. The normalized spacial score (nSPS) is 14.7. The summed E-state index contributed by atoms with van der Waals surface area (Å²) < 4.78 is 39.7. The van der Waals surface area contributed by atoms with Gasteiger partial charge in [-0.3, -0.25) is 9.59 Å². The van der Waals surface area contributed by atoms with Gasteiger partial charge in [-0.15, -0.1) is 0 Å². The fourth-order valence-electron chi connectivity index (χ4n) is 3.63. The quantitative estimate of drug-likeness (QED) is 0.750. The van der Waals surface area contributed by atoms with Gasteiger partial charge in [0.05, 0.1) is 23.0 Å². The van der Waals surface area contributed by atoms with E-state index in [1.807, 2.05) is 18.7 Å². The fourth-order valence-corrected chi connectivity index (χ4v) is 3.63. The highest BCUT2D eigenvalue weighted by Gasteiger charge is 2.31. The molecule has 10 heteroatoms. The Morgan fingerprint density at radius 2 is 1.84 bits per heavy atom. The summed E-state index contributed by atoms with van der Waals surface area (Å²) in [5, 5.41) is 6.92. The molecule has 0 radical (unpaired) electrons. The van der Waals surface area contributed by atoms with Crippen molar-refractivity contribution >= 4 is 11.8 Å². The van der Waals surface area contributed by atoms with Crippen LogP contribution in [0.2, 0.25) is 0 Å². The summed E-state index contributed by atoms with van der Waals surface area (Å²) in [5.41, 5.74) is -0.0138. The third-order valence-electron chi connectivity index (χ3n) is 5.22. The van der Waals surface area contributed by atoms with Crippen molar-refractivity contribution in [3.8, 4) is 5.82 Å². The average Bonchev–Trinajstić information content (AvgIpc) is 3.19. The van der Waals surface area contributed by atoms with E-state index in [0.29, 0.717) is 11.3 Å².